The summed E-state index contributed by atoms with van der Waals surface area (Å²) in [6.07, 6.45) is 11.9. The smallest absolute Gasteiger partial charge is 0.250 e. The first-order chi connectivity index (χ1) is 30.9. The van der Waals surface area contributed by atoms with E-state index in [4.69, 9.17) is 9.97 Å². The maximum Gasteiger partial charge on any atom is 0.250 e. The van der Waals surface area contributed by atoms with Crippen molar-refractivity contribution < 1.29 is 19.2 Å². The average molecular weight is 875 g/mol. The van der Waals surface area contributed by atoms with Crippen LogP contribution < -0.4 is 10.6 Å². The molecule has 4 aromatic carbocycles. The van der Waals surface area contributed by atoms with Crippen LogP contribution in [0.3, 0.4) is 0 Å². The zero-order valence-corrected chi connectivity index (χ0v) is 36.7. The molecule has 12 heteroatoms. The number of nitrogens with one attached hydrogen (secondary N) is 2. The first-order valence-electron chi connectivity index (χ1n) is 22.3. The summed E-state index contributed by atoms with van der Waals surface area (Å²) in [5.41, 5.74) is 5.96. The Morgan fingerprint density at radius 3 is 1.32 bits per heavy atom. The van der Waals surface area contributed by atoms with Crippen molar-refractivity contribution in [2.45, 2.75) is 82.0 Å². The lowest BCUT2D eigenvalue weighted by Gasteiger charge is -2.37. The SMILES string of the molecule is O=C(N[C@H](C(=O)N1CCCC[C@@H]1c1ncc(-c2ccc(-c3ccc(-c4cnc([C@H]5CCCN5C(=O)[C@@H](NC(=O)C5CC5)c5ccccc5)s4)cc3)cc2)s1)c1ccccc1)C1CC1. The van der Waals surface area contributed by atoms with Crippen molar-refractivity contribution in [3.63, 3.8) is 0 Å². The average Bonchev–Trinajstić information content (AvgIpc) is 4.21. The number of benzene rings is 4. The lowest BCUT2D eigenvalue weighted by Crippen LogP contribution is -2.46. The van der Waals surface area contributed by atoms with Crippen molar-refractivity contribution >= 4 is 46.3 Å². The van der Waals surface area contributed by atoms with Crippen LogP contribution in [0.25, 0.3) is 32.0 Å². The Morgan fingerprint density at radius 1 is 0.492 bits per heavy atom. The van der Waals surface area contributed by atoms with Gasteiger partial charge in [-0.1, -0.05) is 109 Å². The number of likely N-dealkylation sites (tertiary alicyclic amines) is 2. The molecule has 63 heavy (non-hydrogen) atoms. The minimum absolute atomic E-state index is 0.00879. The predicted molar refractivity (Wildman–Crippen MR) is 246 cm³/mol. The van der Waals surface area contributed by atoms with Gasteiger partial charge in [-0.25, -0.2) is 9.97 Å². The topological polar surface area (TPSA) is 125 Å². The van der Waals surface area contributed by atoms with Crippen molar-refractivity contribution in [3.05, 3.63) is 143 Å². The molecule has 4 fully saturated rings. The number of thiazole rings is 2. The molecule has 2 aromatic heterocycles. The largest absolute Gasteiger partial charge is 0.340 e. The molecule has 10 nitrogen and oxygen atoms in total. The Kier molecular flexibility index (Phi) is 11.7. The van der Waals surface area contributed by atoms with E-state index >= 15 is 0 Å². The van der Waals surface area contributed by atoms with E-state index in [9.17, 15) is 19.2 Å². The molecular formula is C51H50N6O4S2. The van der Waals surface area contributed by atoms with Gasteiger partial charge in [-0.2, -0.15) is 0 Å². The number of piperidine rings is 1. The Balaban J connectivity index is 0.804. The number of hydrogen-bond acceptors (Lipinski definition) is 8. The van der Waals surface area contributed by atoms with Crippen LogP contribution in [0, 0.1) is 11.8 Å². The van der Waals surface area contributed by atoms with Crippen LogP contribution in [0.15, 0.2) is 122 Å². The van der Waals surface area contributed by atoms with E-state index in [0.29, 0.717) is 13.1 Å². The Morgan fingerprint density at radius 2 is 0.889 bits per heavy atom. The van der Waals surface area contributed by atoms with Gasteiger partial charge in [0.2, 0.25) is 23.6 Å². The van der Waals surface area contributed by atoms with Gasteiger partial charge in [0.15, 0.2) is 0 Å². The summed E-state index contributed by atoms with van der Waals surface area (Å²) in [4.78, 5) is 69.8. The fraction of sp³-hybridized carbons (Fsp3) is 0.333. The molecule has 6 aromatic rings. The van der Waals surface area contributed by atoms with Crippen LogP contribution in [0.4, 0.5) is 0 Å². The number of aromatic nitrogens is 2. The van der Waals surface area contributed by atoms with Gasteiger partial charge in [0, 0.05) is 37.3 Å². The number of carbonyl (C=O) groups excluding carboxylic acids is 4. The van der Waals surface area contributed by atoms with Gasteiger partial charge in [0.05, 0.1) is 21.8 Å². The molecule has 10 rings (SSSR count). The molecule has 4 aliphatic rings. The fourth-order valence-corrected chi connectivity index (χ4v) is 11.1. The second-order valence-corrected chi connectivity index (χ2v) is 19.4. The van der Waals surface area contributed by atoms with E-state index in [1.54, 1.807) is 22.7 Å². The van der Waals surface area contributed by atoms with Crippen LogP contribution in [0.5, 0.6) is 0 Å². The Bertz CT molecular complexity index is 2590. The maximum atomic E-state index is 14.3. The minimum atomic E-state index is -0.715. The highest BCUT2D eigenvalue weighted by molar-refractivity contribution is 7.15. The second kappa shape index (κ2) is 18.0. The Hall–Kier alpha value is -5.98. The number of amides is 4. The minimum Gasteiger partial charge on any atom is -0.340 e. The van der Waals surface area contributed by atoms with Crippen molar-refractivity contribution in [2.75, 3.05) is 13.1 Å². The molecule has 0 spiro atoms. The van der Waals surface area contributed by atoms with Crippen LogP contribution in [-0.2, 0) is 19.2 Å². The van der Waals surface area contributed by atoms with E-state index in [1.807, 2.05) is 82.9 Å². The highest BCUT2D eigenvalue weighted by Crippen LogP contribution is 2.41. The number of hydrogen-bond donors (Lipinski definition) is 2. The van der Waals surface area contributed by atoms with Gasteiger partial charge in [0.25, 0.3) is 0 Å². The number of nitrogens with zero attached hydrogens (tertiary/aromatic N) is 4. The van der Waals surface area contributed by atoms with Gasteiger partial charge in [0.1, 0.15) is 22.1 Å². The molecule has 2 N–H and O–H groups in total. The lowest BCUT2D eigenvalue weighted by atomic mass is 9.98. The van der Waals surface area contributed by atoms with Crippen LogP contribution in [0.2, 0.25) is 0 Å². The summed E-state index contributed by atoms with van der Waals surface area (Å²) in [5, 5.41) is 7.99. The zero-order valence-electron chi connectivity index (χ0n) is 35.0. The zero-order chi connectivity index (χ0) is 42.9. The van der Waals surface area contributed by atoms with Gasteiger partial charge < -0.3 is 20.4 Å². The van der Waals surface area contributed by atoms with E-state index in [1.165, 1.54) is 0 Å². The summed E-state index contributed by atoms with van der Waals surface area (Å²) >= 11 is 3.26. The molecular weight excluding hydrogens is 825 g/mol. The highest BCUT2D eigenvalue weighted by atomic mass is 32.1. The Labute approximate surface area is 375 Å². The van der Waals surface area contributed by atoms with Gasteiger partial charge >= 0.3 is 0 Å². The second-order valence-electron chi connectivity index (χ2n) is 17.3. The van der Waals surface area contributed by atoms with E-state index in [2.05, 4.69) is 59.2 Å². The molecule has 320 valence electrons. The van der Waals surface area contributed by atoms with Crippen molar-refractivity contribution in [1.82, 2.24) is 30.4 Å². The number of carbonyl (C=O) groups is 4. The molecule has 0 radical (unpaired) electrons. The molecule has 2 aliphatic carbocycles. The van der Waals surface area contributed by atoms with E-state index in [0.717, 1.165) is 111 Å². The molecule has 0 unspecified atom stereocenters. The first kappa shape index (κ1) is 41.1. The molecule has 4 amide bonds. The summed E-state index contributed by atoms with van der Waals surface area (Å²) in [6.45, 7) is 1.27. The normalized spacial score (nSPS) is 19.6. The lowest BCUT2D eigenvalue weighted by molar-refractivity contribution is -0.140. The van der Waals surface area contributed by atoms with Gasteiger partial charge in [-0.3, -0.25) is 19.2 Å². The molecule has 0 bridgehead atoms. The summed E-state index contributed by atoms with van der Waals surface area (Å²) in [6, 6.07) is 34.5. The summed E-state index contributed by atoms with van der Waals surface area (Å²) < 4.78 is 0. The predicted octanol–water partition coefficient (Wildman–Crippen LogP) is 9.85. The summed E-state index contributed by atoms with van der Waals surface area (Å²) in [7, 11) is 0. The van der Waals surface area contributed by atoms with E-state index in [-0.39, 0.29) is 47.5 Å². The molecule has 2 saturated heterocycles. The highest BCUT2D eigenvalue weighted by Gasteiger charge is 2.40. The summed E-state index contributed by atoms with van der Waals surface area (Å²) in [5.74, 6) is -0.207. The van der Waals surface area contributed by atoms with Gasteiger partial charge in [-0.05, 0) is 91.2 Å². The third-order valence-electron chi connectivity index (χ3n) is 12.8. The third-order valence-corrected chi connectivity index (χ3v) is 15.1. The third kappa shape index (κ3) is 8.97. The fourth-order valence-electron chi connectivity index (χ4n) is 8.95. The molecule has 2 saturated carbocycles. The van der Waals surface area contributed by atoms with Crippen molar-refractivity contribution in [2.24, 2.45) is 11.8 Å². The quantitative estimate of drug-likeness (QED) is 0.119. The van der Waals surface area contributed by atoms with Crippen molar-refractivity contribution in [3.8, 4) is 32.0 Å². The van der Waals surface area contributed by atoms with Crippen molar-refractivity contribution in [1.29, 1.82) is 0 Å². The standard InChI is InChI=1S/C51H50N6O4S2/c58-46(38-24-25-38)54-44(36-10-3-1-4-11-36)50(60)56-28-8-7-14-40(56)48-52-30-42(62-48)34-20-16-32(17-21-34)33-18-22-35(23-19-33)43-31-53-49(63-43)41-15-9-29-57(41)51(61)45(37-12-5-2-6-13-37)55-47(59)39-26-27-39/h1-6,10-13,16-23,30-31,38-41,44-45H,7-9,14-15,24-29H2,(H,54,58)(H,55,59)/t40-,41-,44+,45+/m1/s1. The maximum absolute atomic E-state index is 14.3. The first-order valence-corrected chi connectivity index (χ1v) is 24.0. The van der Waals surface area contributed by atoms with Crippen LogP contribution in [-0.4, -0.2) is 56.5 Å². The monoisotopic (exact) mass is 874 g/mol. The molecule has 4 atom stereocenters. The molecule has 4 heterocycles. The van der Waals surface area contributed by atoms with Crippen LogP contribution in [0.1, 0.15) is 103 Å². The van der Waals surface area contributed by atoms with Gasteiger partial charge in [-0.15, -0.1) is 22.7 Å². The van der Waals surface area contributed by atoms with E-state index < -0.39 is 12.1 Å². The van der Waals surface area contributed by atoms with Crippen LogP contribution >= 0.6 is 22.7 Å². The molecule has 2 aliphatic heterocycles. The number of rotatable bonds is 13.